The number of aliphatic carboxylic acids is 1. The topological polar surface area (TPSA) is 108 Å². The van der Waals surface area contributed by atoms with Crippen molar-refractivity contribution in [2.75, 3.05) is 19.7 Å². The smallest absolute Gasteiger partial charge is 0.328 e. The average molecular weight is 246 g/mol. The highest BCUT2D eigenvalue weighted by Gasteiger charge is 2.33. The lowest BCUT2D eigenvalue weighted by atomic mass is 10.0. The lowest BCUT2D eigenvalue weighted by Crippen LogP contribution is -2.60. The summed E-state index contributed by atoms with van der Waals surface area (Å²) in [7, 11) is 0. The number of nitrogens with one attached hydrogen (secondary N) is 2. The summed E-state index contributed by atoms with van der Waals surface area (Å²) in [6.45, 7) is 4.28. The average Bonchev–Trinajstić information content (AvgIpc) is 2.19. The van der Waals surface area contributed by atoms with Crippen LogP contribution in [0.3, 0.4) is 0 Å². The highest BCUT2D eigenvalue weighted by molar-refractivity contribution is 5.84. The maximum Gasteiger partial charge on any atom is 0.328 e. The first-order chi connectivity index (χ1) is 7.84. The van der Waals surface area contributed by atoms with Crippen LogP contribution in [0.4, 0.5) is 0 Å². The van der Waals surface area contributed by atoms with Crippen LogP contribution in [-0.2, 0) is 14.3 Å². The van der Waals surface area contributed by atoms with Crippen LogP contribution in [0.2, 0.25) is 0 Å². The van der Waals surface area contributed by atoms with E-state index in [1.807, 2.05) is 6.92 Å². The van der Waals surface area contributed by atoms with Gasteiger partial charge in [-0.3, -0.25) is 4.79 Å². The van der Waals surface area contributed by atoms with Gasteiger partial charge in [0, 0.05) is 13.1 Å². The summed E-state index contributed by atoms with van der Waals surface area (Å²) in [5.41, 5.74) is -0.360. The molecular weight excluding hydrogens is 228 g/mol. The van der Waals surface area contributed by atoms with Crippen LogP contribution in [0.1, 0.15) is 13.8 Å². The molecule has 0 saturated carbocycles. The fourth-order valence-corrected chi connectivity index (χ4v) is 1.42. The first-order valence-corrected chi connectivity index (χ1v) is 5.39. The van der Waals surface area contributed by atoms with Crippen LogP contribution in [0.15, 0.2) is 0 Å². The fraction of sp³-hybridized carbons (Fsp3) is 0.800. The zero-order valence-corrected chi connectivity index (χ0v) is 9.90. The number of carbonyl (C=O) groups excluding carboxylic acids is 1. The normalized spacial score (nSPS) is 21.1. The van der Waals surface area contributed by atoms with Gasteiger partial charge in [-0.2, -0.15) is 0 Å². The van der Waals surface area contributed by atoms with E-state index in [0.29, 0.717) is 13.1 Å². The number of aliphatic hydroxyl groups excluding tert-OH is 1. The Morgan fingerprint density at radius 2 is 2.12 bits per heavy atom. The Kier molecular flexibility index (Phi) is 4.44. The van der Waals surface area contributed by atoms with Gasteiger partial charge in [-0.25, -0.2) is 4.79 Å². The van der Waals surface area contributed by atoms with E-state index in [1.54, 1.807) is 0 Å². The highest BCUT2D eigenvalue weighted by Crippen LogP contribution is 2.14. The van der Waals surface area contributed by atoms with Crippen LogP contribution in [0.5, 0.6) is 0 Å². The molecule has 7 heteroatoms. The van der Waals surface area contributed by atoms with Crippen molar-refractivity contribution >= 4 is 11.9 Å². The number of hydrogen-bond acceptors (Lipinski definition) is 5. The van der Waals surface area contributed by atoms with Gasteiger partial charge < -0.3 is 25.6 Å². The zero-order valence-electron chi connectivity index (χ0n) is 9.90. The molecule has 1 aliphatic rings. The number of hydrogen-bond donors (Lipinski definition) is 4. The summed E-state index contributed by atoms with van der Waals surface area (Å²) in [5, 5.41) is 23.1. The summed E-state index contributed by atoms with van der Waals surface area (Å²) >= 11 is 0. The van der Waals surface area contributed by atoms with Gasteiger partial charge in [0.25, 0.3) is 0 Å². The molecule has 2 atom stereocenters. The Bertz CT molecular complexity index is 301. The van der Waals surface area contributed by atoms with E-state index in [0.717, 1.165) is 0 Å². The van der Waals surface area contributed by atoms with Crippen molar-refractivity contribution in [1.29, 1.82) is 0 Å². The molecule has 0 aromatic carbocycles. The van der Waals surface area contributed by atoms with E-state index in [1.165, 1.54) is 6.92 Å². The molecule has 0 spiro atoms. The molecule has 4 N–H and O–H groups in total. The van der Waals surface area contributed by atoms with Crippen molar-refractivity contribution in [3.8, 4) is 0 Å². The SMILES string of the molecule is C[C@@H](O)[C@H](NC(=O)COC1(C)CNC1)C(=O)O. The second-order valence-electron chi connectivity index (χ2n) is 4.47. The molecule has 0 aromatic heterocycles. The van der Waals surface area contributed by atoms with E-state index in [-0.39, 0.29) is 12.2 Å². The van der Waals surface area contributed by atoms with E-state index >= 15 is 0 Å². The fourth-order valence-electron chi connectivity index (χ4n) is 1.42. The molecule has 98 valence electrons. The molecular formula is C10H18N2O5. The monoisotopic (exact) mass is 246 g/mol. The van der Waals surface area contributed by atoms with Gasteiger partial charge in [-0.05, 0) is 13.8 Å². The number of carbonyl (C=O) groups is 2. The summed E-state index contributed by atoms with van der Waals surface area (Å²) < 4.78 is 5.34. The standard InChI is InChI=1S/C10H18N2O5/c1-6(13)8(9(15)16)12-7(14)3-17-10(2)4-11-5-10/h6,8,11,13H,3-5H2,1-2H3,(H,12,14)(H,15,16)/t6-,8+/m1/s1. The molecule has 0 aliphatic carbocycles. The highest BCUT2D eigenvalue weighted by atomic mass is 16.5. The minimum Gasteiger partial charge on any atom is -0.480 e. The van der Waals surface area contributed by atoms with Gasteiger partial charge in [-0.1, -0.05) is 0 Å². The molecule has 1 heterocycles. The minimum absolute atomic E-state index is 0.214. The Morgan fingerprint density at radius 3 is 2.47 bits per heavy atom. The first kappa shape index (κ1) is 13.9. The Morgan fingerprint density at radius 1 is 1.53 bits per heavy atom. The quantitative estimate of drug-likeness (QED) is 0.445. The summed E-state index contributed by atoms with van der Waals surface area (Å²) in [4.78, 5) is 22.1. The van der Waals surface area contributed by atoms with Gasteiger partial charge in [-0.15, -0.1) is 0 Å². The summed E-state index contributed by atoms with van der Waals surface area (Å²) in [6, 6.07) is -1.31. The van der Waals surface area contributed by atoms with Crippen LogP contribution in [0, 0.1) is 0 Å². The second kappa shape index (κ2) is 5.44. The Balaban J connectivity index is 2.34. The molecule has 1 rings (SSSR count). The van der Waals surface area contributed by atoms with Crippen molar-refractivity contribution in [3.63, 3.8) is 0 Å². The van der Waals surface area contributed by atoms with E-state index in [9.17, 15) is 14.7 Å². The van der Waals surface area contributed by atoms with Crippen LogP contribution >= 0.6 is 0 Å². The third-order valence-corrected chi connectivity index (χ3v) is 2.61. The molecule has 17 heavy (non-hydrogen) atoms. The molecule has 0 bridgehead atoms. The molecule has 0 radical (unpaired) electrons. The maximum atomic E-state index is 11.4. The lowest BCUT2D eigenvalue weighted by Gasteiger charge is -2.38. The molecule has 1 amide bonds. The molecule has 1 fully saturated rings. The van der Waals surface area contributed by atoms with Crippen LogP contribution in [-0.4, -0.2) is 59.5 Å². The Labute approximate surface area is 99.1 Å². The molecule has 0 aromatic rings. The largest absolute Gasteiger partial charge is 0.480 e. The van der Waals surface area contributed by atoms with Crippen molar-refractivity contribution in [3.05, 3.63) is 0 Å². The first-order valence-electron chi connectivity index (χ1n) is 5.39. The molecule has 7 nitrogen and oxygen atoms in total. The van der Waals surface area contributed by atoms with Crippen molar-refractivity contribution in [1.82, 2.24) is 10.6 Å². The number of aliphatic hydroxyl groups is 1. The van der Waals surface area contributed by atoms with Gasteiger partial charge in [0.1, 0.15) is 6.61 Å². The maximum absolute atomic E-state index is 11.4. The van der Waals surface area contributed by atoms with Crippen LogP contribution in [0.25, 0.3) is 0 Å². The van der Waals surface area contributed by atoms with Crippen LogP contribution < -0.4 is 10.6 Å². The predicted molar refractivity (Wildman–Crippen MR) is 58.5 cm³/mol. The van der Waals surface area contributed by atoms with E-state index in [2.05, 4.69) is 10.6 Å². The molecule has 0 unspecified atom stereocenters. The number of amides is 1. The predicted octanol–water partition coefficient (Wildman–Crippen LogP) is -1.68. The second-order valence-corrected chi connectivity index (χ2v) is 4.47. The molecule has 1 saturated heterocycles. The number of carboxylic acids is 1. The number of rotatable bonds is 6. The number of ether oxygens (including phenoxy) is 1. The minimum atomic E-state index is -1.31. The zero-order chi connectivity index (χ0) is 13.1. The number of carboxylic acid groups (broad SMARTS) is 1. The Hall–Kier alpha value is -1.18. The van der Waals surface area contributed by atoms with Crippen molar-refractivity contribution in [2.24, 2.45) is 0 Å². The van der Waals surface area contributed by atoms with Crippen molar-refractivity contribution < 1.29 is 24.5 Å². The van der Waals surface area contributed by atoms with E-state index in [4.69, 9.17) is 9.84 Å². The third-order valence-electron chi connectivity index (χ3n) is 2.61. The third kappa shape index (κ3) is 3.95. The van der Waals surface area contributed by atoms with Gasteiger partial charge >= 0.3 is 5.97 Å². The summed E-state index contributed by atoms with van der Waals surface area (Å²) in [6.07, 6.45) is -1.16. The van der Waals surface area contributed by atoms with Gasteiger partial charge in [0.05, 0.1) is 11.7 Å². The summed E-state index contributed by atoms with van der Waals surface area (Å²) in [5.74, 6) is -1.82. The van der Waals surface area contributed by atoms with E-state index < -0.39 is 24.0 Å². The lowest BCUT2D eigenvalue weighted by molar-refractivity contribution is -0.147. The van der Waals surface area contributed by atoms with Gasteiger partial charge in [0.2, 0.25) is 5.91 Å². The van der Waals surface area contributed by atoms with Crippen molar-refractivity contribution in [2.45, 2.75) is 31.6 Å². The molecule has 1 aliphatic heterocycles. The van der Waals surface area contributed by atoms with Gasteiger partial charge in [0.15, 0.2) is 6.04 Å².